The van der Waals surface area contributed by atoms with Crippen LogP contribution in [0.15, 0.2) is 0 Å². The van der Waals surface area contributed by atoms with E-state index in [0.717, 1.165) is 6.54 Å². The van der Waals surface area contributed by atoms with E-state index in [2.05, 4.69) is 0 Å². The van der Waals surface area contributed by atoms with Crippen LogP contribution in [0.5, 0.6) is 0 Å². The van der Waals surface area contributed by atoms with Crippen molar-refractivity contribution in [2.24, 2.45) is 0 Å². The highest BCUT2D eigenvalue weighted by Gasteiger charge is 2.44. The van der Waals surface area contributed by atoms with Gasteiger partial charge in [-0.25, -0.2) is 0 Å². The molecule has 2 atom stereocenters. The molecule has 0 aliphatic carbocycles. The lowest BCUT2D eigenvalue weighted by Gasteiger charge is -2.32. The van der Waals surface area contributed by atoms with Gasteiger partial charge < -0.3 is 10.0 Å². The quantitative estimate of drug-likeness (QED) is 0.532. The monoisotopic (exact) mass is 159 g/mol. The third-order valence-corrected chi connectivity index (χ3v) is 3.39. The Balaban J connectivity index is 1.99. The van der Waals surface area contributed by atoms with E-state index in [4.69, 9.17) is 5.11 Å². The Morgan fingerprint density at radius 3 is 3.10 bits per heavy atom. The Morgan fingerprint density at radius 2 is 2.60 bits per heavy atom. The fraction of sp³-hybridized carbons (Fsp3) is 0.833. The highest BCUT2D eigenvalue weighted by atomic mass is 32.2. The van der Waals surface area contributed by atoms with Crippen LogP contribution in [-0.2, 0) is 4.79 Å². The molecule has 1 amide bonds. The number of hydrogen-bond donors (Lipinski definition) is 1. The summed E-state index contributed by atoms with van der Waals surface area (Å²) in [6.07, 6.45) is 0.682. The van der Waals surface area contributed by atoms with Crippen molar-refractivity contribution in [3.05, 3.63) is 0 Å². The largest absolute Gasteiger partial charge is 0.395 e. The van der Waals surface area contributed by atoms with Gasteiger partial charge >= 0.3 is 0 Å². The topological polar surface area (TPSA) is 40.5 Å². The highest BCUT2D eigenvalue weighted by Crippen LogP contribution is 2.39. The molecule has 2 aliphatic rings. The molecule has 2 saturated heterocycles. The first-order valence-corrected chi connectivity index (χ1v) is 4.31. The van der Waals surface area contributed by atoms with Crippen molar-refractivity contribution < 1.29 is 9.90 Å². The summed E-state index contributed by atoms with van der Waals surface area (Å²) in [7, 11) is 0. The van der Waals surface area contributed by atoms with Crippen LogP contribution in [-0.4, -0.2) is 39.7 Å². The van der Waals surface area contributed by atoms with Gasteiger partial charge in [-0.1, -0.05) is 0 Å². The van der Waals surface area contributed by atoms with Gasteiger partial charge in [0.25, 0.3) is 0 Å². The molecule has 0 aromatic rings. The SMILES string of the molecule is O=C1C[C@@H]2S[C@@H](CO)CN12. The van der Waals surface area contributed by atoms with Crippen LogP contribution in [0.1, 0.15) is 6.42 Å². The maximum atomic E-state index is 10.8. The van der Waals surface area contributed by atoms with Crippen molar-refractivity contribution >= 4 is 17.7 Å². The molecule has 2 fully saturated rings. The average molecular weight is 159 g/mol. The van der Waals surface area contributed by atoms with Gasteiger partial charge in [0, 0.05) is 11.8 Å². The molecule has 3 nitrogen and oxygen atoms in total. The summed E-state index contributed by atoms with van der Waals surface area (Å²) in [5.41, 5.74) is 0. The van der Waals surface area contributed by atoms with Gasteiger partial charge in [0.15, 0.2) is 0 Å². The predicted molar refractivity (Wildman–Crippen MR) is 38.6 cm³/mol. The predicted octanol–water partition coefficient (Wildman–Crippen LogP) is -0.348. The molecule has 0 bridgehead atoms. The van der Waals surface area contributed by atoms with Crippen molar-refractivity contribution in [2.45, 2.75) is 17.0 Å². The molecule has 0 spiro atoms. The molecule has 0 unspecified atom stereocenters. The Kier molecular flexibility index (Phi) is 1.38. The van der Waals surface area contributed by atoms with Crippen LogP contribution in [0.4, 0.5) is 0 Å². The van der Waals surface area contributed by atoms with Crippen molar-refractivity contribution in [1.29, 1.82) is 0 Å². The van der Waals surface area contributed by atoms with Crippen LogP contribution in [0.3, 0.4) is 0 Å². The lowest BCUT2D eigenvalue weighted by Crippen LogP contribution is -2.47. The van der Waals surface area contributed by atoms with E-state index in [-0.39, 0.29) is 17.8 Å². The number of aliphatic hydroxyl groups is 1. The van der Waals surface area contributed by atoms with E-state index in [0.29, 0.717) is 11.8 Å². The smallest absolute Gasteiger partial charge is 0.226 e. The summed E-state index contributed by atoms with van der Waals surface area (Å²) in [5.74, 6) is 0.244. The Labute approximate surface area is 63.4 Å². The zero-order chi connectivity index (χ0) is 7.14. The number of nitrogens with zero attached hydrogens (tertiary/aromatic N) is 1. The summed E-state index contributed by atoms with van der Waals surface area (Å²) < 4.78 is 0. The maximum absolute atomic E-state index is 10.8. The van der Waals surface area contributed by atoms with E-state index >= 15 is 0 Å². The Bertz CT molecular complexity index is 173. The number of amides is 1. The minimum atomic E-state index is 0.199. The second-order valence-corrected chi connectivity index (χ2v) is 4.13. The van der Waals surface area contributed by atoms with Crippen LogP contribution in [0.25, 0.3) is 0 Å². The third-order valence-electron chi connectivity index (χ3n) is 1.97. The molecule has 0 aromatic heterocycles. The van der Waals surface area contributed by atoms with E-state index in [9.17, 15) is 4.79 Å². The van der Waals surface area contributed by atoms with Gasteiger partial charge in [-0.3, -0.25) is 4.79 Å². The second-order valence-electron chi connectivity index (χ2n) is 2.65. The average Bonchev–Trinajstić information content (AvgIpc) is 2.26. The fourth-order valence-corrected chi connectivity index (χ4v) is 2.72. The molecule has 2 heterocycles. The van der Waals surface area contributed by atoms with Crippen LogP contribution in [0, 0.1) is 0 Å². The lowest BCUT2D eigenvalue weighted by molar-refractivity contribution is -0.140. The number of rotatable bonds is 1. The molecule has 0 saturated carbocycles. The summed E-state index contributed by atoms with van der Waals surface area (Å²) in [6, 6.07) is 0. The highest BCUT2D eigenvalue weighted by molar-refractivity contribution is 8.00. The number of carbonyl (C=O) groups excluding carboxylic acids is 1. The number of fused-ring (bicyclic) bond motifs is 1. The van der Waals surface area contributed by atoms with E-state index in [1.54, 1.807) is 11.8 Å². The number of aliphatic hydroxyl groups excluding tert-OH is 1. The maximum Gasteiger partial charge on any atom is 0.226 e. The summed E-state index contributed by atoms with van der Waals surface area (Å²) in [6.45, 7) is 0.954. The van der Waals surface area contributed by atoms with Crippen LogP contribution in [0.2, 0.25) is 0 Å². The first-order valence-electron chi connectivity index (χ1n) is 3.37. The summed E-state index contributed by atoms with van der Waals surface area (Å²) in [5, 5.41) is 9.42. The van der Waals surface area contributed by atoms with Crippen molar-refractivity contribution in [1.82, 2.24) is 4.90 Å². The first kappa shape index (κ1) is 6.49. The van der Waals surface area contributed by atoms with E-state index < -0.39 is 0 Å². The van der Waals surface area contributed by atoms with Gasteiger partial charge in [-0.05, 0) is 0 Å². The van der Waals surface area contributed by atoms with Crippen LogP contribution < -0.4 is 0 Å². The van der Waals surface area contributed by atoms with Gasteiger partial charge in [-0.2, -0.15) is 0 Å². The van der Waals surface area contributed by atoms with Crippen molar-refractivity contribution in [3.8, 4) is 0 Å². The van der Waals surface area contributed by atoms with E-state index in [1.165, 1.54) is 0 Å². The Hall–Kier alpha value is -0.220. The fourth-order valence-electron chi connectivity index (χ4n) is 1.35. The standard InChI is InChI=1S/C6H9NO2S/c8-3-4-2-7-5(9)1-6(7)10-4/h4,6,8H,1-3H2/t4-,6+/m1/s1. The second kappa shape index (κ2) is 2.13. The normalized spacial score (nSPS) is 37.7. The molecule has 1 N–H and O–H groups in total. The zero-order valence-electron chi connectivity index (χ0n) is 5.49. The molecule has 0 radical (unpaired) electrons. The van der Waals surface area contributed by atoms with E-state index in [1.807, 2.05) is 4.90 Å². The number of hydrogen-bond acceptors (Lipinski definition) is 3. The minimum absolute atomic E-state index is 0.199. The first-order chi connectivity index (χ1) is 4.81. The molecule has 10 heavy (non-hydrogen) atoms. The van der Waals surface area contributed by atoms with Gasteiger partial charge in [-0.15, -0.1) is 11.8 Å². The third kappa shape index (κ3) is 0.754. The van der Waals surface area contributed by atoms with Gasteiger partial charge in [0.2, 0.25) is 5.91 Å². The molecular weight excluding hydrogens is 150 g/mol. The molecule has 2 aliphatic heterocycles. The number of β-lactam (4-membered cyclic amide) rings is 1. The Morgan fingerprint density at radius 1 is 1.80 bits per heavy atom. The minimum Gasteiger partial charge on any atom is -0.395 e. The number of carbonyl (C=O) groups is 1. The van der Waals surface area contributed by atoms with Crippen molar-refractivity contribution in [2.75, 3.05) is 13.2 Å². The molecular formula is C6H9NO2S. The molecule has 56 valence electrons. The van der Waals surface area contributed by atoms with Crippen molar-refractivity contribution in [3.63, 3.8) is 0 Å². The molecule has 2 rings (SSSR count). The zero-order valence-corrected chi connectivity index (χ0v) is 6.30. The lowest BCUT2D eigenvalue weighted by atomic mass is 10.2. The van der Waals surface area contributed by atoms with Gasteiger partial charge in [0.05, 0.1) is 18.4 Å². The molecule has 4 heteroatoms. The summed E-state index contributed by atoms with van der Waals surface area (Å²) in [4.78, 5) is 12.6. The molecule has 0 aromatic carbocycles. The summed E-state index contributed by atoms with van der Waals surface area (Å²) >= 11 is 1.72. The number of thioether (sulfide) groups is 1. The van der Waals surface area contributed by atoms with Crippen LogP contribution >= 0.6 is 11.8 Å². The van der Waals surface area contributed by atoms with Gasteiger partial charge in [0.1, 0.15) is 0 Å².